The van der Waals surface area contributed by atoms with Crippen molar-refractivity contribution in [3.05, 3.63) is 98.8 Å². The highest BCUT2D eigenvalue weighted by Crippen LogP contribution is 2.31. The van der Waals surface area contributed by atoms with E-state index in [4.69, 9.17) is 22.2 Å². The van der Waals surface area contributed by atoms with E-state index in [0.29, 0.717) is 23.4 Å². The van der Waals surface area contributed by atoms with Crippen molar-refractivity contribution in [2.24, 2.45) is 4.99 Å². The van der Waals surface area contributed by atoms with Crippen LogP contribution in [-0.4, -0.2) is 11.5 Å². The van der Waals surface area contributed by atoms with Crippen molar-refractivity contribution in [1.29, 1.82) is 0 Å². The van der Waals surface area contributed by atoms with Gasteiger partial charge in [0.25, 0.3) is 0 Å². The highest BCUT2D eigenvalue weighted by atomic mass is 16.1. The minimum Gasteiger partial charge on any atom is -0.399 e. The summed E-state index contributed by atoms with van der Waals surface area (Å²) < 4.78 is 0. The number of nitrogens with two attached hydrogens (primary N) is 3. The molecule has 0 aliphatic heterocycles. The highest BCUT2D eigenvalue weighted by Gasteiger charge is 2.22. The summed E-state index contributed by atoms with van der Waals surface area (Å²) in [5.74, 6) is -0.0506. The van der Waals surface area contributed by atoms with Crippen LogP contribution in [0.1, 0.15) is 38.9 Å². The third-order valence-corrected chi connectivity index (χ3v) is 7.64. The maximum atomic E-state index is 13.3. The van der Waals surface area contributed by atoms with Gasteiger partial charge in [0.2, 0.25) is 0 Å². The normalized spacial score (nSPS) is 14.5. The number of allylic oxidation sites excluding steroid dienone is 3. The molecule has 6 nitrogen and oxygen atoms in total. The van der Waals surface area contributed by atoms with Crippen molar-refractivity contribution in [2.75, 3.05) is 22.5 Å². The molecule has 6 heteroatoms. The predicted molar refractivity (Wildman–Crippen MR) is 157 cm³/mol. The number of carbonyl (C=O) groups excluding carboxylic acids is 1. The Morgan fingerprint density at radius 1 is 0.676 bits per heavy atom. The molecule has 0 unspecified atom stereocenters. The van der Waals surface area contributed by atoms with E-state index >= 15 is 0 Å². The molecule has 3 aromatic rings. The zero-order chi connectivity index (χ0) is 27.0. The van der Waals surface area contributed by atoms with E-state index < -0.39 is 0 Å². The van der Waals surface area contributed by atoms with Crippen LogP contribution in [0.3, 0.4) is 0 Å². The molecule has 0 heterocycles. The van der Waals surface area contributed by atoms with Gasteiger partial charge in [-0.25, -0.2) is 4.99 Å². The maximum Gasteiger partial charge on any atom is 0.184 e. The second kappa shape index (κ2) is 9.97. The number of anilines is 4. The molecule has 0 bridgehead atoms. The Morgan fingerprint density at radius 2 is 1.24 bits per heavy atom. The molecule has 7 N–H and O–H groups in total. The fraction of sp³-hybridized carbons (Fsp3) is 0.226. The molecule has 37 heavy (non-hydrogen) atoms. The number of nitrogens with one attached hydrogen (secondary N) is 1. The van der Waals surface area contributed by atoms with Crippen LogP contribution < -0.4 is 22.5 Å². The summed E-state index contributed by atoms with van der Waals surface area (Å²) in [7, 11) is 0. The molecular weight excluding hydrogens is 458 g/mol. The smallest absolute Gasteiger partial charge is 0.184 e. The maximum absolute atomic E-state index is 13.3. The molecule has 190 valence electrons. The summed E-state index contributed by atoms with van der Waals surface area (Å²) in [5, 5.41) is 3.44. The van der Waals surface area contributed by atoms with Gasteiger partial charge in [0.15, 0.2) is 5.78 Å². The van der Waals surface area contributed by atoms with Crippen molar-refractivity contribution in [2.45, 2.75) is 48.0 Å². The van der Waals surface area contributed by atoms with Gasteiger partial charge in [0.1, 0.15) is 0 Å². The van der Waals surface area contributed by atoms with Crippen molar-refractivity contribution >= 4 is 39.9 Å². The average molecular weight is 494 g/mol. The largest absolute Gasteiger partial charge is 0.399 e. The minimum atomic E-state index is -0.0506. The lowest BCUT2D eigenvalue weighted by Crippen LogP contribution is -2.20. The number of hydrogen-bond donors (Lipinski definition) is 4. The lowest BCUT2D eigenvalue weighted by Gasteiger charge is -2.21. The van der Waals surface area contributed by atoms with Crippen LogP contribution in [0.25, 0.3) is 0 Å². The van der Waals surface area contributed by atoms with E-state index in [9.17, 15) is 4.79 Å². The fourth-order valence-corrected chi connectivity index (χ4v) is 4.44. The van der Waals surface area contributed by atoms with Crippen LogP contribution in [0.5, 0.6) is 0 Å². The predicted octanol–water partition coefficient (Wildman–Crippen LogP) is 6.10. The van der Waals surface area contributed by atoms with Gasteiger partial charge in [0.05, 0.1) is 17.1 Å². The van der Waals surface area contributed by atoms with Crippen molar-refractivity contribution in [1.82, 2.24) is 0 Å². The Labute approximate surface area is 219 Å². The molecule has 3 aromatic carbocycles. The molecule has 0 fully saturated rings. The topological polar surface area (TPSA) is 120 Å². The van der Waals surface area contributed by atoms with Gasteiger partial charge < -0.3 is 22.5 Å². The van der Waals surface area contributed by atoms with Crippen LogP contribution >= 0.6 is 0 Å². The zero-order valence-corrected chi connectivity index (χ0v) is 22.4. The number of nitrogens with zero attached hydrogens (tertiary/aromatic N) is 1. The van der Waals surface area contributed by atoms with Gasteiger partial charge in [-0.05, 0) is 117 Å². The zero-order valence-electron chi connectivity index (χ0n) is 22.4. The van der Waals surface area contributed by atoms with E-state index in [1.165, 1.54) is 0 Å². The van der Waals surface area contributed by atoms with E-state index in [-0.39, 0.29) is 5.78 Å². The number of nitrogen functional groups attached to an aromatic ring is 3. The van der Waals surface area contributed by atoms with E-state index in [2.05, 4.69) is 5.32 Å². The number of ketones is 1. The number of rotatable bonds is 5. The Balaban J connectivity index is 1.80. The van der Waals surface area contributed by atoms with Crippen LogP contribution in [0, 0.1) is 41.5 Å². The van der Waals surface area contributed by atoms with Crippen molar-refractivity contribution in [3.8, 4) is 0 Å². The molecular formula is C31H35N5O. The van der Waals surface area contributed by atoms with Gasteiger partial charge in [-0.2, -0.15) is 0 Å². The SMILES string of the molecule is Cc1c(N)ccc(CC2=CC(=Nc3ccc(N)c(C)c3C)C(Nc3ccc(N)c(C)c3C)=CC2=O)c1C. The minimum absolute atomic E-state index is 0.0506. The van der Waals surface area contributed by atoms with Gasteiger partial charge in [-0.1, -0.05) is 6.07 Å². The van der Waals surface area contributed by atoms with Crippen LogP contribution in [-0.2, 0) is 11.2 Å². The van der Waals surface area contributed by atoms with Gasteiger partial charge in [0, 0.05) is 40.8 Å². The lowest BCUT2D eigenvalue weighted by molar-refractivity contribution is -0.111. The van der Waals surface area contributed by atoms with E-state index in [1.54, 1.807) is 6.08 Å². The van der Waals surface area contributed by atoms with Crippen molar-refractivity contribution in [3.63, 3.8) is 0 Å². The summed E-state index contributed by atoms with van der Waals surface area (Å²) in [6.45, 7) is 12.0. The first-order valence-electron chi connectivity index (χ1n) is 12.4. The standard InChI is InChI=1S/C31H35N5O/c1-16-17(2)24(32)8-7-22(16)13-23-14-29(35-27-11-9-25(33)18(3)20(27)5)30(15-31(23)37)36-28-12-10-26(34)19(4)21(28)6/h7-12,14-15,36H,13,32-34H2,1-6H3. The van der Waals surface area contributed by atoms with Crippen LogP contribution in [0.4, 0.5) is 28.4 Å². The Morgan fingerprint density at radius 3 is 1.92 bits per heavy atom. The molecule has 0 spiro atoms. The first kappa shape index (κ1) is 25.8. The molecule has 0 atom stereocenters. The Hall–Kier alpha value is -4.32. The summed E-state index contributed by atoms with van der Waals surface area (Å²) in [6.07, 6.45) is 4.02. The molecule has 0 radical (unpaired) electrons. The third-order valence-electron chi connectivity index (χ3n) is 7.64. The Kier molecular flexibility index (Phi) is 6.94. The summed E-state index contributed by atoms with van der Waals surface area (Å²) in [5.41, 5.74) is 31.4. The molecule has 0 aromatic heterocycles. The highest BCUT2D eigenvalue weighted by molar-refractivity contribution is 6.23. The molecule has 0 saturated carbocycles. The third kappa shape index (κ3) is 5.00. The number of hydrogen-bond acceptors (Lipinski definition) is 6. The number of carbonyl (C=O) groups is 1. The van der Waals surface area contributed by atoms with E-state index in [1.807, 2.05) is 84.0 Å². The summed E-state index contributed by atoms with van der Waals surface area (Å²) in [6, 6.07) is 11.5. The van der Waals surface area contributed by atoms with Crippen LogP contribution in [0.2, 0.25) is 0 Å². The first-order chi connectivity index (χ1) is 17.5. The quantitative estimate of drug-likeness (QED) is 0.253. The monoisotopic (exact) mass is 493 g/mol. The average Bonchev–Trinajstić information content (AvgIpc) is 2.87. The molecule has 4 rings (SSSR count). The second-order valence-electron chi connectivity index (χ2n) is 9.83. The molecule has 0 saturated heterocycles. The molecule has 1 aliphatic rings. The van der Waals surface area contributed by atoms with E-state index in [0.717, 1.165) is 67.4 Å². The van der Waals surface area contributed by atoms with Gasteiger partial charge in [-0.3, -0.25) is 4.79 Å². The van der Waals surface area contributed by atoms with Gasteiger partial charge in [-0.15, -0.1) is 0 Å². The van der Waals surface area contributed by atoms with Crippen LogP contribution in [0.15, 0.2) is 64.8 Å². The molecule has 1 aliphatic carbocycles. The van der Waals surface area contributed by atoms with Gasteiger partial charge >= 0.3 is 0 Å². The summed E-state index contributed by atoms with van der Waals surface area (Å²) >= 11 is 0. The second-order valence-corrected chi connectivity index (χ2v) is 9.83. The first-order valence-corrected chi connectivity index (χ1v) is 12.4. The Bertz CT molecular complexity index is 1530. The fourth-order valence-electron chi connectivity index (χ4n) is 4.44. The summed E-state index contributed by atoms with van der Waals surface area (Å²) in [4.78, 5) is 18.3. The van der Waals surface area contributed by atoms with Crippen molar-refractivity contribution < 1.29 is 4.79 Å². The lowest BCUT2D eigenvalue weighted by atomic mass is 9.91. The number of aliphatic imine (C=N–C) groups is 1. The molecule has 0 amide bonds. The number of benzene rings is 3.